The predicted octanol–water partition coefficient (Wildman–Crippen LogP) is 3.12. The number of piperazine rings is 1. The molecular weight excluding hydrogens is 354 g/mol. The summed E-state index contributed by atoms with van der Waals surface area (Å²) < 4.78 is 5.63. The highest BCUT2D eigenvalue weighted by Gasteiger charge is 2.38. The highest BCUT2D eigenvalue weighted by atomic mass is 16.6. The van der Waals surface area contributed by atoms with Gasteiger partial charge in [0.1, 0.15) is 5.60 Å². The molecule has 2 amide bonds. The Kier molecular flexibility index (Phi) is 6.28. The molecule has 3 rings (SSSR count). The van der Waals surface area contributed by atoms with E-state index < -0.39 is 5.60 Å². The Labute approximate surface area is 168 Å². The second-order valence-electron chi connectivity index (χ2n) is 8.99. The lowest BCUT2D eigenvalue weighted by molar-refractivity contribution is -0.128. The SMILES string of the molecule is C[C@@H]1CN(Cc2ccccc2)[C@@H](CN2CCCC2=O)CN1C(=O)OC(C)(C)C. The van der Waals surface area contributed by atoms with Crippen molar-refractivity contribution in [2.45, 2.75) is 64.8 Å². The fourth-order valence-electron chi connectivity index (χ4n) is 4.02. The highest BCUT2D eigenvalue weighted by molar-refractivity contribution is 5.78. The molecule has 0 N–H and O–H groups in total. The van der Waals surface area contributed by atoms with Crippen molar-refractivity contribution in [2.24, 2.45) is 0 Å². The van der Waals surface area contributed by atoms with Gasteiger partial charge in [-0.2, -0.15) is 0 Å². The Morgan fingerprint density at radius 1 is 1.18 bits per heavy atom. The van der Waals surface area contributed by atoms with E-state index >= 15 is 0 Å². The molecule has 0 unspecified atom stereocenters. The van der Waals surface area contributed by atoms with Crippen molar-refractivity contribution in [1.82, 2.24) is 14.7 Å². The molecule has 0 aromatic heterocycles. The van der Waals surface area contributed by atoms with Gasteiger partial charge in [0.25, 0.3) is 0 Å². The number of amides is 2. The number of nitrogens with zero attached hydrogens (tertiary/aromatic N) is 3. The van der Waals surface area contributed by atoms with Gasteiger partial charge in [0, 0.05) is 51.2 Å². The third kappa shape index (κ3) is 5.25. The largest absolute Gasteiger partial charge is 0.444 e. The molecule has 6 heteroatoms. The van der Waals surface area contributed by atoms with Crippen LogP contribution in [-0.4, -0.2) is 70.6 Å². The molecule has 28 heavy (non-hydrogen) atoms. The molecule has 154 valence electrons. The maximum Gasteiger partial charge on any atom is 0.410 e. The Morgan fingerprint density at radius 3 is 2.50 bits per heavy atom. The minimum absolute atomic E-state index is 0.0593. The van der Waals surface area contributed by atoms with E-state index in [1.807, 2.05) is 36.6 Å². The zero-order valence-corrected chi connectivity index (χ0v) is 17.6. The molecule has 2 heterocycles. The van der Waals surface area contributed by atoms with Crippen molar-refractivity contribution < 1.29 is 14.3 Å². The predicted molar refractivity (Wildman–Crippen MR) is 109 cm³/mol. The number of likely N-dealkylation sites (tertiary alicyclic amines) is 1. The first-order chi connectivity index (χ1) is 13.2. The zero-order valence-electron chi connectivity index (χ0n) is 17.6. The molecular formula is C22H33N3O3. The minimum atomic E-state index is -0.515. The molecule has 0 bridgehead atoms. The first-order valence-corrected chi connectivity index (χ1v) is 10.3. The van der Waals surface area contributed by atoms with Crippen LogP contribution < -0.4 is 0 Å². The van der Waals surface area contributed by atoms with E-state index in [9.17, 15) is 9.59 Å². The van der Waals surface area contributed by atoms with E-state index in [2.05, 4.69) is 36.1 Å². The molecule has 2 aliphatic rings. The van der Waals surface area contributed by atoms with Crippen LogP contribution in [0.1, 0.15) is 46.1 Å². The van der Waals surface area contributed by atoms with Crippen LogP contribution in [0.25, 0.3) is 0 Å². The standard InChI is InChI=1S/C22H33N3O3/c1-17-13-24(14-18-9-6-5-7-10-18)19(15-23-12-8-11-20(23)26)16-25(17)21(27)28-22(2,3)4/h5-7,9-10,17,19H,8,11-16H2,1-4H3/t17-,19+/m1/s1. The summed E-state index contributed by atoms with van der Waals surface area (Å²) in [6, 6.07) is 10.5. The average molecular weight is 388 g/mol. The van der Waals surface area contributed by atoms with Crippen molar-refractivity contribution in [2.75, 3.05) is 26.2 Å². The number of rotatable bonds is 4. The van der Waals surface area contributed by atoms with Crippen LogP contribution >= 0.6 is 0 Å². The van der Waals surface area contributed by atoms with Crippen molar-refractivity contribution in [3.05, 3.63) is 35.9 Å². The average Bonchev–Trinajstić information content (AvgIpc) is 3.01. The van der Waals surface area contributed by atoms with Gasteiger partial charge in [-0.15, -0.1) is 0 Å². The third-order valence-electron chi connectivity index (χ3n) is 5.41. The van der Waals surface area contributed by atoms with Gasteiger partial charge in [-0.25, -0.2) is 4.79 Å². The topological polar surface area (TPSA) is 53.1 Å². The summed E-state index contributed by atoms with van der Waals surface area (Å²) in [5.41, 5.74) is 0.733. The second kappa shape index (κ2) is 8.52. The molecule has 2 aliphatic heterocycles. The first kappa shape index (κ1) is 20.6. The normalized spacial score (nSPS) is 23.9. The Bertz CT molecular complexity index is 686. The van der Waals surface area contributed by atoms with Crippen molar-refractivity contribution in [1.29, 1.82) is 0 Å². The molecule has 1 aromatic carbocycles. The molecule has 2 fully saturated rings. The molecule has 0 aliphatic carbocycles. The smallest absolute Gasteiger partial charge is 0.410 e. The Morgan fingerprint density at radius 2 is 1.89 bits per heavy atom. The number of hydrogen-bond acceptors (Lipinski definition) is 4. The summed E-state index contributed by atoms with van der Waals surface area (Å²) in [5, 5.41) is 0. The summed E-state index contributed by atoms with van der Waals surface area (Å²) in [5.74, 6) is 0.224. The van der Waals surface area contributed by atoms with E-state index in [0.29, 0.717) is 19.5 Å². The van der Waals surface area contributed by atoms with Crippen LogP contribution in [0.5, 0.6) is 0 Å². The highest BCUT2D eigenvalue weighted by Crippen LogP contribution is 2.23. The fourth-order valence-corrected chi connectivity index (χ4v) is 4.02. The lowest BCUT2D eigenvalue weighted by atomic mass is 10.1. The molecule has 0 spiro atoms. The van der Waals surface area contributed by atoms with E-state index in [1.165, 1.54) is 5.56 Å². The van der Waals surface area contributed by atoms with Gasteiger partial charge in [-0.05, 0) is 39.7 Å². The van der Waals surface area contributed by atoms with Gasteiger partial charge in [-0.1, -0.05) is 30.3 Å². The maximum absolute atomic E-state index is 12.7. The van der Waals surface area contributed by atoms with E-state index in [4.69, 9.17) is 4.74 Å². The molecule has 0 radical (unpaired) electrons. The van der Waals surface area contributed by atoms with Crippen LogP contribution in [0.4, 0.5) is 4.79 Å². The summed E-state index contributed by atoms with van der Waals surface area (Å²) in [6.45, 7) is 11.4. The number of carbonyl (C=O) groups excluding carboxylic acids is 2. The minimum Gasteiger partial charge on any atom is -0.444 e. The zero-order chi connectivity index (χ0) is 20.3. The Hall–Kier alpha value is -2.08. The third-order valence-corrected chi connectivity index (χ3v) is 5.41. The van der Waals surface area contributed by atoms with Crippen LogP contribution in [0.15, 0.2) is 30.3 Å². The number of hydrogen-bond donors (Lipinski definition) is 0. The lowest BCUT2D eigenvalue weighted by Crippen LogP contribution is -2.61. The van der Waals surface area contributed by atoms with Gasteiger partial charge in [0.2, 0.25) is 5.91 Å². The van der Waals surface area contributed by atoms with Gasteiger partial charge in [0.05, 0.1) is 0 Å². The van der Waals surface area contributed by atoms with Crippen molar-refractivity contribution in [3.63, 3.8) is 0 Å². The lowest BCUT2D eigenvalue weighted by Gasteiger charge is -2.46. The second-order valence-corrected chi connectivity index (χ2v) is 8.99. The molecule has 2 atom stereocenters. The van der Waals surface area contributed by atoms with E-state index in [0.717, 1.165) is 26.1 Å². The van der Waals surface area contributed by atoms with Crippen molar-refractivity contribution >= 4 is 12.0 Å². The van der Waals surface area contributed by atoms with Crippen LogP contribution in [0.2, 0.25) is 0 Å². The summed E-state index contributed by atoms with van der Waals surface area (Å²) in [4.78, 5) is 31.1. The monoisotopic (exact) mass is 387 g/mol. The van der Waals surface area contributed by atoms with Gasteiger partial charge in [0.15, 0.2) is 0 Å². The van der Waals surface area contributed by atoms with Gasteiger partial charge in [-0.3, -0.25) is 9.69 Å². The fraction of sp³-hybridized carbons (Fsp3) is 0.636. The molecule has 2 saturated heterocycles. The summed E-state index contributed by atoms with van der Waals surface area (Å²) >= 11 is 0. The summed E-state index contributed by atoms with van der Waals surface area (Å²) in [6.07, 6.45) is 1.30. The van der Waals surface area contributed by atoms with Gasteiger partial charge < -0.3 is 14.5 Å². The maximum atomic E-state index is 12.7. The number of carbonyl (C=O) groups is 2. The molecule has 0 saturated carbocycles. The van der Waals surface area contributed by atoms with Gasteiger partial charge >= 0.3 is 6.09 Å². The van der Waals surface area contributed by atoms with E-state index in [1.54, 1.807) is 0 Å². The quantitative estimate of drug-likeness (QED) is 0.797. The number of benzene rings is 1. The molecule has 6 nitrogen and oxygen atoms in total. The van der Waals surface area contributed by atoms with E-state index in [-0.39, 0.29) is 24.1 Å². The van der Waals surface area contributed by atoms with Crippen LogP contribution in [0, 0.1) is 0 Å². The van der Waals surface area contributed by atoms with Crippen molar-refractivity contribution in [3.8, 4) is 0 Å². The number of ether oxygens (including phenoxy) is 1. The first-order valence-electron chi connectivity index (χ1n) is 10.3. The van der Waals surface area contributed by atoms with Crippen LogP contribution in [0.3, 0.4) is 0 Å². The summed E-state index contributed by atoms with van der Waals surface area (Å²) in [7, 11) is 0. The molecule has 1 aromatic rings. The Balaban J connectivity index is 1.75. The van der Waals surface area contributed by atoms with Crippen LogP contribution in [-0.2, 0) is 16.1 Å².